The van der Waals surface area contributed by atoms with Crippen LogP contribution in [0.4, 0.5) is 0 Å². The Hall–Kier alpha value is -2.28. The molecule has 7 nitrogen and oxygen atoms in total. The van der Waals surface area contributed by atoms with E-state index in [-0.39, 0.29) is 17.4 Å². The molecule has 132 valence electrons. The molecule has 7 heteroatoms. The smallest absolute Gasteiger partial charge is 0.257 e. The number of piperidine rings is 1. The average molecular weight is 341 g/mol. The Labute approximate surface area is 147 Å². The predicted octanol–water partition coefficient (Wildman–Crippen LogP) is 1.46. The van der Waals surface area contributed by atoms with Gasteiger partial charge in [-0.05, 0) is 24.8 Å². The maximum Gasteiger partial charge on any atom is 0.257 e. The summed E-state index contributed by atoms with van der Waals surface area (Å²) in [7, 11) is 1.83. The van der Waals surface area contributed by atoms with Gasteiger partial charge in [-0.25, -0.2) is 9.97 Å². The van der Waals surface area contributed by atoms with Crippen LogP contribution < -0.4 is 0 Å². The Kier molecular flexibility index (Phi) is 4.25. The SMILES string of the molecule is Cn1cc(C(=O)N2CCC3(CCOC3Cc3cncnc3)CC2)cn1. The Bertz CT molecular complexity index is 737. The Morgan fingerprint density at radius 2 is 2.00 bits per heavy atom. The molecule has 2 fully saturated rings. The number of aromatic nitrogens is 4. The summed E-state index contributed by atoms with van der Waals surface area (Å²) in [5.41, 5.74) is 1.95. The topological polar surface area (TPSA) is 73.1 Å². The second kappa shape index (κ2) is 6.55. The highest BCUT2D eigenvalue weighted by atomic mass is 16.5. The maximum absolute atomic E-state index is 12.6. The fraction of sp³-hybridized carbons (Fsp3) is 0.556. The van der Waals surface area contributed by atoms with E-state index >= 15 is 0 Å². The molecule has 2 saturated heterocycles. The van der Waals surface area contributed by atoms with Gasteiger partial charge in [0.25, 0.3) is 5.91 Å². The fourth-order valence-corrected chi connectivity index (χ4v) is 4.11. The van der Waals surface area contributed by atoms with Gasteiger partial charge in [-0.1, -0.05) is 0 Å². The van der Waals surface area contributed by atoms with Gasteiger partial charge < -0.3 is 9.64 Å². The van der Waals surface area contributed by atoms with Crippen LogP contribution in [0, 0.1) is 5.41 Å². The van der Waals surface area contributed by atoms with Gasteiger partial charge in [-0.2, -0.15) is 5.10 Å². The summed E-state index contributed by atoms with van der Waals surface area (Å²) in [6.07, 6.45) is 12.8. The van der Waals surface area contributed by atoms with E-state index in [0.29, 0.717) is 5.56 Å². The van der Waals surface area contributed by atoms with Gasteiger partial charge in [0.2, 0.25) is 0 Å². The lowest BCUT2D eigenvalue weighted by Gasteiger charge is -2.42. The molecule has 4 heterocycles. The highest BCUT2D eigenvalue weighted by Crippen LogP contribution is 2.45. The van der Waals surface area contributed by atoms with Crippen LogP contribution in [-0.2, 0) is 18.2 Å². The predicted molar refractivity (Wildman–Crippen MR) is 90.9 cm³/mol. The van der Waals surface area contributed by atoms with Gasteiger partial charge in [-0.3, -0.25) is 9.48 Å². The molecule has 0 radical (unpaired) electrons. The summed E-state index contributed by atoms with van der Waals surface area (Å²) in [6.45, 7) is 2.35. The molecule has 1 atom stereocenters. The van der Waals surface area contributed by atoms with E-state index in [1.165, 1.54) is 0 Å². The number of aryl methyl sites for hydroxylation is 1. The standard InChI is InChI=1S/C18H23N5O2/c1-22-12-15(11-21-22)17(24)23-5-2-18(3-6-23)4-7-25-16(18)8-14-9-19-13-20-10-14/h9-13,16H,2-8H2,1H3. The minimum atomic E-state index is 0.0786. The van der Waals surface area contributed by atoms with Crippen molar-refractivity contribution in [2.45, 2.75) is 31.8 Å². The Morgan fingerprint density at radius 3 is 2.68 bits per heavy atom. The molecule has 1 spiro atoms. The van der Waals surface area contributed by atoms with Crippen LogP contribution in [-0.4, -0.2) is 56.4 Å². The van der Waals surface area contributed by atoms with E-state index in [4.69, 9.17) is 4.74 Å². The first-order valence-electron chi connectivity index (χ1n) is 8.80. The number of hydrogen-bond acceptors (Lipinski definition) is 5. The number of amides is 1. The molecular formula is C18H23N5O2. The molecule has 2 aromatic heterocycles. The summed E-state index contributed by atoms with van der Waals surface area (Å²) in [5, 5.41) is 4.10. The van der Waals surface area contributed by atoms with Crippen molar-refractivity contribution in [3.8, 4) is 0 Å². The highest BCUT2D eigenvalue weighted by Gasteiger charge is 2.46. The van der Waals surface area contributed by atoms with E-state index in [9.17, 15) is 4.79 Å². The van der Waals surface area contributed by atoms with Crippen molar-refractivity contribution in [1.29, 1.82) is 0 Å². The van der Waals surface area contributed by atoms with Crippen molar-refractivity contribution < 1.29 is 9.53 Å². The number of likely N-dealkylation sites (tertiary alicyclic amines) is 1. The van der Waals surface area contributed by atoms with Gasteiger partial charge in [0, 0.05) is 57.2 Å². The molecule has 2 aliphatic rings. The number of carbonyl (C=O) groups excluding carboxylic acids is 1. The van der Waals surface area contributed by atoms with Crippen molar-refractivity contribution >= 4 is 5.91 Å². The molecule has 25 heavy (non-hydrogen) atoms. The molecule has 4 rings (SSSR count). The van der Waals surface area contributed by atoms with E-state index in [0.717, 1.165) is 50.9 Å². The third kappa shape index (κ3) is 3.16. The lowest BCUT2D eigenvalue weighted by atomic mass is 9.71. The van der Waals surface area contributed by atoms with Crippen molar-refractivity contribution in [3.05, 3.63) is 42.2 Å². The minimum absolute atomic E-state index is 0.0786. The Balaban J connectivity index is 1.42. The number of nitrogens with zero attached hydrogens (tertiary/aromatic N) is 5. The molecule has 0 aliphatic carbocycles. The summed E-state index contributed by atoms with van der Waals surface area (Å²) in [4.78, 5) is 22.8. The van der Waals surface area contributed by atoms with Crippen LogP contribution >= 0.6 is 0 Å². The molecule has 0 aromatic carbocycles. The van der Waals surface area contributed by atoms with E-state index in [1.807, 2.05) is 24.3 Å². The summed E-state index contributed by atoms with van der Waals surface area (Å²) < 4.78 is 7.73. The summed E-state index contributed by atoms with van der Waals surface area (Å²) in [5.74, 6) is 0.0786. The molecule has 1 amide bonds. The zero-order valence-corrected chi connectivity index (χ0v) is 14.5. The van der Waals surface area contributed by atoms with Crippen molar-refractivity contribution in [3.63, 3.8) is 0 Å². The first kappa shape index (κ1) is 16.2. The second-order valence-electron chi connectivity index (χ2n) is 7.12. The maximum atomic E-state index is 12.6. The summed E-state index contributed by atoms with van der Waals surface area (Å²) in [6, 6.07) is 0. The van der Waals surface area contributed by atoms with Crippen molar-refractivity contribution in [2.75, 3.05) is 19.7 Å². The second-order valence-corrected chi connectivity index (χ2v) is 7.12. The van der Waals surface area contributed by atoms with Gasteiger partial charge in [-0.15, -0.1) is 0 Å². The molecule has 2 aliphatic heterocycles. The van der Waals surface area contributed by atoms with Gasteiger partial charge in [0.1, 0.15) is 6.33 Å². The largest absolute Gasteiger partial charge is 0.377 e. The molecule has 0 bridgehead atoms. The lowest BCUT2D eigenvalue weighted by molar-refractivity contribution is 0.00976. The quantitative estimate of drug-likeness (QED) is 0.845. The van der Waals surface area contributed by atoms with Gasteiger partial charge >= 0.3 is 0 Å². The fourth-order valence-electron chi connectivity index (χ4n) is 4.11. The van der Waals surface area contributed by atoms with Crippen LogP contribution in [0.25, 0.3) is 0 Å². The number of ether oxygens (including phenoxy) is 1. The van der Waals surface area contributed by atoms with Crippen LogP contribution in [0.2, 0.25) is 0 Å². The van der Waals surface area contributed by atoms with E-state index < -0.39 is 0 Å². The normalized spacial score (nSPS) is 22.4. The average Bonchev–Trinajstić information content (AvgIpc) is 3.23. The molecular weight excluding hydrogens is 318 g/mol. The molecule has 2 aromatic rings. The lowest BCUT2D eigenvalue weighted by Crippen LogP contribution is -2.46. The van der Waals surface area contributed by atoms with Crippen molar-refractivity contribution in [2.24, 2.45) is 12.5 Å². The highest BCUT2D eigenvalue weighted by molar-refractivity contribution is 5.93. The van der Waals surface area contributed by atoms with E-state index in [1.54, 1.807) is 23.4 Å². The monoisotopic (exact) mass is 341 g/mol. The third-order valence-electron chi connectivity index (χ3n) is 5.64. The number of carbonyl (C=O) groups is 1. The number of rotatable bonds is 3. The summed E-state index contributed by atoms with van der Waals surface area (Å²) >= 11 is 0. The molecule has 0 saturated carbocycles. The minimum Gasteiger partial charge on any atom is -0.377 e. The van der Waals surface area contributed by atoms with Gasteiger partial charge in [0.05, 0.1) is 17.9 Å². The zero-order valence-electron chi connectivity index (χ0n) is 14.5. The third-order valence-corrected chi connectivity index (χ3v) is 5.64. The van der Waals surface area contributed by atoms with Crippen LogP contribution in [0.5, 0.6) is 0 Å². The van der Waals surface area contributed by atoms with Crippen molar-refractivity contribution in [1.82, 2.24) is 24.6 Å². The Morgan fingerprint density at radius 1 is 1.24 bits per heavy atom. The first-order chi connectivity index (χ1) is 12.2. The number of hydrogen-bond donors (Lipinski definition) is 0. The molecule has 0 N–H and O–H groups in total. The zero-order chi connectivity index (χ0) is 17.3. The van der Waals surface area contributed by atoms with Crippen LogP contribution in [0.1, 0.15) is 35.2 Å². The van der Waals surface area contributed by atoms with Gasteiger partial charge in [0.15, 0.2) is 0 Å². The molecule has 1 unspecified atom stereocenters. The van der Waals surface area contributed by atoms with Crippen LogP contribution in [0.15, 0.2) is 31.1 Å². The van der Waals surface area contributed by atoms with Crippen LogP contribution in [0.3, 0.4) is 0 Å². The first-order valence-corrected chi connectivity index (χ1v) is 8.80. The van der Waals surface area contributed by atoms with E-state index in [2.05, 4.69) is 15.1 Å².